The molecule has 0 saturated carbocycles. The Labute approximate surface area is 143 Å². The molecule has 0 aliphatic carbocycles. The molecule has 22 heavy (non-hydrogen) atoms. The summed E-state index contributed by atoms with van der Waals surface area (Å²) in [7, 11) is 3.38. The number of aromatic nitrogens is 4. The largest absolute Gasteiger partial charge is 0.494 e. The summed E-state index contributed by atoms with van der Waals surface area (Å²) in [5.74, 6) is 1.46. The standard InChI is InChI=1S/C13H17Cl2N5OS/c1-20-13(17-18-19-20)22-5-3-4-16-8-9-6-10(14)12(21-2)11(15)7-9/h6-7,16H,3-5,8H2,1-2H3. The van der Waals surface area contributed by atoms with Crippen LogP contribution in [-0.2, 0) is 13.6 Å². The molecule has 0 fully saturated rings. The van der Waals surface area contributed by atoms with Crippen LogP contribution in [0.15, 0.2) is 17.3 Å². The lowest BCUT2D eigenvalue weighted by Crippen LogP contribution is -2.15. The lowest BCUT2D eigenvalue weighted by atomic mass is 10.2. The van der Waals surface area contributed by atoms with Crippen molar-refractivity contribution in [2.75, 3.05) is 19.4 Å². The molecule has 0 aliphatic rings. The van der Waals surface area contributed by atoms with Crippen molar-refractivity contribution in [3.05, 3.63) is 27.7 Å². The molecule has 2 aromatic rings. The van der Waals surface area contributed by atoms with E-state index >= 15 is 0 Å². The second-order valence-electron chi connectivity index (χ2n) is 4.56. The van der Waals surface area contributed by atoms with Crippen molar-refractivity contribution in [1.82, 2.24) is 25.5 Å². The molecule has 0 amide bonds. The maximum absolute atomic E-state index is 6.11. The zero-order valence-corrected chi connectivity index (χ0v) is 14.7. The number of thioether (sulfide) groups is 1. The number of ether oxygens (including phenoxy) is 1. The maximum Gasteiger partial charge on any atom is 0.209 e. The Morgan fingerprint density at radius 3 is 2.64 bits per heavy atom. The van der Waals surface area contributed by atoms with E-state index in [1.165, 1.54) is 0 Å². The average molecular weight is 362 g/mol. The fourth-order valence-corrected chi connectivity index (χ4v) is 3.32. The van der Waals surface area contributed by atoms with Gasteiger partial charge in [-0.15, -0.1) is 5.10 Å². The van der Waals surface area contributed by atoms with Gasteiger partial charge in [0.15, 0.2) is 5.75 Å². The maximum atomic E-state index is 6.11. The van der Waals surface area contributed by atoms with Crippen LogP contribution in [0.5, 0.6) is 5.75 Å². The first-order valence-corrected chi connectivity index (χ1v) is 8.43. The van der Waals surface area contributed by atoms with Gasteiger partial charge in [-0.05, 0) is 41.1 Å². The van der Waals surface area contributed by atoms with Crippen LogP contribution in [0.25, 0.3) is 0 Å². The van der Waals surface area contributed by atoms with E-state index in [-0.39, 0.29) is 0 Å². The van der Waals surface area contributed by atoms with Crippen molar-refractivity contribution in [2.45, 2.75) is 18.1 Å². The number of nitrogens with one attached hydrogen (secondary N) is 1. The molecular formula is C13H17Cl2N5OS. The molecule has 0 radical (unpaired) electrons. The minimum Gasteiger partial charge on any atom is -0.494 e. The van der Waals surface area contributed by atoms with Crippen molar-refractivity contribution in [2.24, 2.45) is 7.05 Å². The zero-order valence-electron chi connectivity index (χ0n) is 12.3. The van der Waals surface area contributed by atoms with Crippen LogP contribution in [0.2, 0.25) is 10.0 Å². The van der Waals surface area contributed by atoms with Crippen LogP contribution in [0, 0.1) is 0 Å². The van der Waals surface area contributed by atoms with Gasteiger partial charge in [0.05, 0.1) is 17.2 Å². The molecule has 1 N–H and O–H groups in total. The first-order valence-electron chi connectivity index (χ1n) is 6.69. The van der Waals surface area contributed by atoms with Crippen LogP contribution in [-0.4, -0.2) is 39.6 Å². The Hall–Kier alpha value is -1.02. The Morgan fingerprint density at radius 2 is 2.05 bits per heavy atom. The molecule has 0 unspecified atom stereocenters. The molecule has 0 aliphatic heterocycles. The summed E-state index contributed by atoms with van der Waals surface area (Å²) in [5, 5.41) is 16.5. The summed E-state index contributed by atoms with van der Waals surface area (Å²) in [5.41, 5.74) is 1.03. The van der Waals surface area contributed by atoms with Gasteiger partial charge in [-0.3, -0.25) is 0 Å². The van der Waals surface area contributed by atoms with Gasteiger partial charge < -0.3 is 10.1 Å². The van der Waals surface area contributed by atoms with Crippen molar-refractivity contribution in [1.29, 1.82) is 0 Å². The van der Waals surface area contributed by atoms with E-state index in [1.54, 1.807) is 23.6 Å². The Balaban J connectivity index is 1.70. The highest BCUT2D eigenvalue weighted by atomic mass is 35.5. The van der Waals surface area contributed by atoms with Gasteiger partial charge in [-0.2, -0.15) is 0 Å². The smallest absolute Gasteiger partial charge is 0.209 e. The number of benzene rings is 1. The van der Waals surface area contributed by atoms with Gasteiger partial charge in [0.2, 0.25) is 5.16 Å². The third-order valence-electron chi connectivity index (χ3n) is 2.90. The van der Waals surface area contributed by atoms with Gasteiger partial charge in [0.1, 0.15) is 0 Å². The second-order valence-corrected chi connectivity index (χ2v) is 6.43. The minimum absolute atomic E-state index is 0.515. The third kappa shape index (κ3) is 4.74. The molecule has 1 aromatic heterocycles. The van der Waals surface area contributed by atoms with E-state index in [1.807, 2.05) is 19.2 Å². The van der Waals surface area contributed by atoms with E-state index in [0.29, 0.717) is 22.3 Å². The minimum atomic E-state index is 0.515. The van der Waals surface area contributed by atoms with Gasteiger partial charge >= 0.3 is 0 Å². The third-order valence-corrected chi connectivity index (χ3v) is 4.56. The highest BCUT2D eigenvalue weighted by molar-refractivity contribution is 7.99. The van der Waals surface area contributed by atoms with Gasteiger partial charge in [0.25, 0.3) is 0 Å². The summed E-state index contributed by atoms with van der Waals surface area (Å²) in [6, 6.07) is 3.72. The number of rotatable bonds is 8. The van der Waals surface area contributed by atoms with Crippen molar-refractivity contribution < 1.29 is 4.74 Å². The van der Waals surface area contributed by atoms with Crippen LogP contribution in [0.1, 0.15) is 12.0 Å². The summed E-state index contributed by atoms with van der Waals surface area (Å²) >= 11 is 13.9. The highest BCUT2D eigenvalue weighted by Crippen LogP contribution is 2.33. The Morgan fingerprint density at radius 1 is 1.32 bits per heavy atom. The topological polar surface area (TPSA) is 64.9 Å². The summed E-state index contributed by atoms with van der Waals surface area (Å²) < 4.78 is 6.79. The van der Waals surface area contributed by atoms with Crippen molar-refractivity contribution in [3.8, 4) is 5.75 Å². The molecule has 0 spiro atoms. The van der Waals surface area contributed by atoms with E-state index in [4.69, 9.17) is 27.9 Å². The number of halogens is 2. The number of aryl methyl sites for hydroxylation is 1. The fraction of sp³-hybridized carbons (Fsp3) is 0.462. The summed E-state index contributed by atoms with van der Waals surface area (Å²) in [6.07, 6.45) is 1.01. The average Bonchev–Trinajstić information content (AvgIpc) is 2.88. The Bertz CT molecular complexity index is 599. The Kier molecular flexibility index (Phi) is 6.75. The molecular weight excluding hydrogens is 345 g/mol. The molecule has 0 atom stereocenters. The molecule has 0 saturated heterocycles. The lowest BCUT2D eigenvalue weighted by molar-refractivity contribution is 0.415. The summed E-state index contributed by atoms with van der Waals surface area (Å²) in [4.78, 5) is 0. The van der Waals surface area contributed by atoms with Crippen LogP contribution < -0.4 is 10.1 Å². The molecule has 1 heterocycles. The zero-order chi connectivity index (χ0) is 15.9. The van der Waals surface area contributed by atoms with E-state index in [0.717, 1.165) is 29.4 Å². The predicted molar refractivity (Wildman–Crippen MR) is 88.9 cm³/mol. The molecule has 120 valence electrons. The number of methoxy groups -OCH3 is 1. The number of tetrazole rings is 1. The van der Waals surface area contributed by atoms with Gasteiger partial charge in [-0.25, -0.2) is 4.68 Å². The number of nitrogens with zero attached hydrogens (tertiary/aromatic N) is 4. The summed E-state index contributed by atoms with van der Waals surface area (Å²) in [6.45, 7) is 1.60. The highest BCUT2D eigenvalue weighted by Gasteiger charge is 2.08. The number of hydrogen-bond donors (Lipinski definition) is 1. The van der Waals surface area contributed by atoms with Crippen LogP contribution in [0.4, 0.5) is 0 Å². The molecule has 0 bridgehead atoms. The lowest BCUT2D eigenvalue weighted by Gasteiger charge is -2.09. The van der Waals surface area contributed by atoms with Gasteiger partial charge in [-0.1, -0.05) is 35.0 Å². The predicted octanol–water partition coefficient (Wildman–Crippen LogP) is 2.80. The molecule has 6 nitrogen and oxygen atoms in total. The van der Waals surface area contributed by atoms with E-state index < -0.39 is 0 Å². The first-order chi connectivity index (χ1) is 10.6. The van der Waals surface area contributed by atoms with E-state index in [9.17, 15) is 0 Å². The fourth-order valence-electron chi connectivity index (χ4n) is 1.85. The monoisotopic (exact) mass is 361 g/mol. The molecule has 2 rings (SSSR count). The van der Waals surface area contributed by atoms with Crippen LogP contribution >= 0.6 is 35.0 Å². The van der Waals surface area contributed by atoms with Gasteiger partial charge in [0, 0.05) is 19.3 Å². The number of hydrogen-bond acceptors (Lipinski definition) is 6. The first kappa shape index (κ1) is 17.3. The van der Waals surface area contributed by atoms with E-state index in [2.05, 4.69) is 20.8 Å². The molecule has 9 heteroatoms. The van der Waals surface area contributed by atoms with Crippen LogP contribution in [0.3, 0.4) is 0 Å². The quantitative estimate of drug-likeness (QED) is 0.576. The normalized spacial score (nSPS) is 10.9. The van der Waals surface area contributed by atoms with Crippen molar-refractivity contribution in [3.63, 3.8) is 0 Å². The SMILES string of the molecule is COc1c(Cl)cc(CNCCCSc2nnnn2C)cc1Cl. The molecule has 1 aromatic carbocycles. The van der Waals surface area contributed by atoms with Crippen molar-refractivity contribution >= 4 is 35.0 Å². The second kappa shape index (κ2) is 8.57.